The second kappa shape index (κ2) is 8.45. The van der Waals surface area contributed by atoms with E-state index in [-0.39, 0.29) is 22.4 Å². The Balaban J connectivity index is 1.89. The number of thioether (sulfide) groups is 1. The van der Waals surface area contributed by atoms with Gasteiger partial charge >= 0.3 is 0 Å². The zero-order valence-electron chi connectivity index (χ0n) is 16.9. The van der Waals surface area contributed by atoms with Crippen LogP contribution in [-0.4, -0.2) is 41.0 Å². The van der Waals surface area contributed by atoms with E-state index in [2.05, 4.69) is 5.32 Å². The van der Waals surface area contributed by atoms with Crippen LogP contribution in [0.15, 0.2) is 48.5 Å². The van der Waals surface area contributed by atoms with Crippen LogP contribution < -0.4 is 10.1 Å². The number of ether oxygens (including phenoxy) is 1. The topological polar surface area (TPSA) is 58.6 Å². The molecule has 5 nitrogen and oxygen atoms in total. The first-order valence-corrected chi connectivity index (χ1v) is 10.4. The summed E-state index contributed by atoms with van der Waals surface area (Å²) in [6.45, 7) is 6.11. The SMILES string of the molecule is COc1ccc(C(=O)N2C(C(=O)Nc3ccccc3F)CSC2C(C)(C)C)cc1. The molecule has 0 saturated carbocycles. The summed E-state index contributed by atoms with van der Waals surface area (Å²) in [4.78, 5) is 28.0. The first kappa shape index (κ1) is 21.2. The Morgan fingerprint density at radius 2 is 1.79 bits per heavy atom. The van der Waals surface area contributed by atoms with Gasteiger partial charge < -0.3 is 15.0 Å². The van der Waals surface area contributed by atoms with Gasteiger partial charge in [-0.3, -0.25) is 9.59 Å². The number of hydrogen-bond donors (Lipinski definition) is 1. The highest BCUT2D eigenvalue weighted by Crippen LogP contribution is 2.41. The van der Waals surface area contributed by atoms with E-state index in [9.17, 15) is 14.0 Å². The molecule has 1 aliphatic rings. The standard InChI is InChI=1S/C22H25FN2O3S/c1-22(2,3)21-25(20(27)14-9-11-15(28-4)12-10-14)18(13-29-21)19(26)24-17-8-6-5-7-16(17)23/h5-12,18,21H,13H2,1-4H3,(H,24,26). The third kappa shape index (κ3) is 4.56. The minimum atomic E-state index is -0.696. The van der Waals surface area contributed by atoms with Crippen LogP contribution in [0.5, 0.6) is 5.75 Å². The first-order valence-electron chi connectivity index (χ1n) is 9.36. The van der Waals surface area contributed by atoms with Gasteiger partial charge in [0.25, 0.3) is 5.91 Å². The molecule has 154 valence electrons. The molecule has 1 fully saturated rings. The van der Waals surface area contributed by atoms with Crippen LogP contribution in [-0.2, 0) is 4.79 Å². The van der Waals surface area contributed by atoms with Crippen molar-refractivity contribution in [2.24, 2.45) is 5.41 Å². The summed E-state index contributed by atoms with van der Waals surface area (Å²) in [5.74, 6) is -0.0302. The van der Waals surface area contributed by atoms with Crippen molar-refractivity contribution in [1.29, 1.82) is 0 Å². The fraction of sp³-hybridized carbons (Fsp3) is 0.364. The molecular formula is C22H25FN2O3S. The number of para-hydroxylation sites is 1. The van der Waals surface area contributed by atoms with Gasteiger partial charge in [0.05, 0.1) is 18.2 Å². The molecule has 1 heterocycles. The monoisotopic (exact) mass is 416 g/mol. The van der Waals surface area contributed by atoms with Crippen molar-refractivity contribution in [3.63, 3.8) is 0 Å². The van der Waals surface area contributed by atoms with E-state index in [1.165, 1.54) is 12.1 Å². The van der Waals surface area contributed by atoms with Crippen molar-refractivity contribution in [3.8, 4) is 5.75 Å². The number of hydrogen-bond acceptors (Lipinski definition) is 4. The van der Waals surface area contributed by atoms with Crippen molar-refractivity contribution in [2.75, 3.05) is 18.2 Å². The highest BCUT2D eigenvalue weighted by atomic mass is 32.2. The molecule has 2 unspecified atom stereocenters. The minimum absolute atomic E-state index is 0.110. The highest BCUT2D eigenvalue weighted by Gasteiger charge is 2.46. The Morgan fingerprint density at radius 3 is 2.38 bits per heavy atom. The molecule has 0 radical (unpaired) electrons. The summed E-state index contributed by atoms with van der Waals surface area (Å²) in [6.07, 6.45) is 0. The summed E-state index contributed by atoms with van der Waals surface area (Å²) < 4.78 is 19.1. The van der Waals surface area contributed by atoms with E-state index < -0.39 is 17.8 Å². The number of benzene rings is 2. The molecular weight excluding hydrogens is 391 g/mol. The predicted octanol–water partition coefficient (Wildman–Crippen LogP) is 4.40. The number of methoxy groups -OCH3 is 1. The van der Waals surface area contributed by atoms with E-state index in [4.69, 9.17) is 4.74 Å². The Kier molecular flexibility index (Phi) is 6.17. The van der Waals surface area contributed by atoms with Crippen molar-refractivity contribution in [2.45, 2.75) is 32.2 Å². The molecule has 1 saturated heterocycles. The summed E-state index contributed by atoms with van der Waals surface area (Å²) in [5, 5.41) is 2.45. The maximum absolute atomic E-state index is 14.0. The minimum Gasteiger partial charge on any atom is -0.497 e. The number of halogens is 1. The van der Waals surface area contributed by atoms with Gasteiger partial charge in [-0.2, -0.15) is 0 Å². The molecule has 29 heavy (non-hydrogen) atoms. The van der Waals surface area contributed by atoms with Crippen molar-refractivity contribution in [3.05, 3.63) is 59.9 Å². The summed E-state index contributed by atoms with van der Waals surface area (Å²) >= 11 is 1.57. The quantitative estimate of drug-likeness (QED) is 0.803. The lowest BCUT2D eigenvalue weighted by Crippen LogP contribution is -2.51. The van der Waals surface area contributed by atoms with E-state index >= 15 is 0 Å². The number of nitrogens with zero attached hydrogens (tertiary/aromatic N) is 1. The number of carbonyl (C=O) groups excluding carboxylic acids is 2. The van der Waals surface area contributed by atoms with E-state index in [1.807, 2.05) is 20.8 Å². The molecule has 2 atom stereocenters. The summed E-state index contributed by atoms with van der Waals surface area (Å²) in [5.41, 5.74) is 0.351. The van der Waals surface area contributed by atoms with Gasteiger partial charge in [-0.1, -0.05) is 32.9 Å². The molecule has 0 aliphatic carbocycles. The normalized spacial score (nSPS) is 19.1. The van der Waals surface area contributed by atoms with Crippen LogP contribution in [0.1, 0.15) is 31.1 Å². The zero-order valence-corrected chi connectivity index (χ0v) is 17.8. The molecule has 0 spiro atoms. The molecule has 1 aliphatic heterocycles. The fourth-order valence-corrected chi connectivity index (χ4v) is 4.86. The Labute approximate surface area is 174 Å². The highest BCUT2D eigenvalue weighted by molar-refractivity contribution is 8.00. The van der Waals surface area contributed by atoms with Crippen LogP contribution in [0.2, 0.25) is 0 Å². The van der Waals surface area contributed by atoms with Gasteiger partial charge in [-0.15, -0.1) is 11.8 Å². The van der Waals surface area contributed by atoms with Gasteiger partial charge in [0.1, 0.15) is 17.6 Å². The number of amides is 2. The van der Waals surface area contributed by atoms with Gasteiger partial charge in [0.15, 0.2) is 0 Å². The average molecular weight is 417 g/mol. The van der Waals surface area contributed by atoms with E-state index in [0.29, 0.717) is 17.1 Å². The number of nitrogens with one attached hydrogen (secondary N) is 1. The Hall–Kier alpha value is -2.54. The lowest BCUT2D eigenvalue weighted by molar-refractivity contribution is -0.120. The third-order valence-corrected chi connectivity index (χ3v) is 6.51. The molecule has 7 heteroatoms. The van der Waals surface area contributed by atoms with Gasteiger partial charge in [-0.05, 0) is 41.8 Å². The smallest absolute Gasteiger partial charge is 0.255 e. The van der Waals surface area contributed by atoms with Gasteiger partial charge in [0.2, 0.25) is 5.91 Å². The zero-order chi connectivity index (χ0) is 21.2. The van der Waals surface area contributed by atoms with Crippen molar-refractivity contribution < 1.29 is 18.7 Å². The van der Waals surface area contributed by atoms with Gasteiger partial charge in [-0.25, -0.2) is 4.39 Å². The third-order valence-electron chi connectivity index (χ3n) is 4.75. The summed E-state index contributed by atoms with van der Waals surface area (Å²) in [6, 6.07) is 12.1. The lowest BCUT2D eigenvalue weighted by atomic mass is 9.94. The second-order valence-electron chi connectivity index (χ2n) is 7.98. The maximum Gasteiger partial charge on any atom is 0.255 e. The van der Waals surface area contributed by atoms with E-state index in [1.54, 1.807) is 60.2 Å². The average Bonchev–Trinajstić information content (AvgIpc) is 3.15. The molecule has 0 bridgehead atoms. The number of anilines is 1. The first-order chi connectivity index (χ1) is 13.7. The van der Waals surface area contributed by atoms with E-state index in [0.717, 1.165) is 0 Å². The maximum atomic E-state index is 14.0. The lowest BCUT2D eigenvalue weighted by Gasteiger charge is -2.36. The van der Waals surface area contributed by atoms with Crippen LogP contribution in [0.4, 0.5) is 10.1 Å². The Morgan fingerprint density at radius 1 is 1.14 bits per heavy atom. The molecule has 2 aromatic rings. The van der Waals surface area contributed by atoms with Crippen molar-refractivity contribution >= 4 is 29.3 Å². The predicted molar refractivity (Wildman–Crippen MR) is 114 cm³/mol. The Bertz CT molecular complexity index is 896. The largest absolute Gasteiger partial charge is 0.497 e. The molecule has 1 N–H and O–H groups in total. The number of rotatable bonds is 4. The molecule has 2 aromatic carbocycles. The van der Waals surface area contributed by atoms with Crippen LogP contribution >= 0.6 is 11.8 Å². The second-order valence-corrected chi connectivity index (χ2v) is 9.09. The fourth-order valence-electron chi connectivity index (χ4n) is 3.28. The van der Waals surface area contributed by atoms with Gasteiger partial charge in [0, 0.05) is 11.3 Å². The molecule has 2 amide bonds. The molecule has 3 rings (SSSR count). The molecule has 0 aromatic heterocycles. The van der Waals surface area contributed by atoms with Crippen LogP contribution in [0.3, 0.4) is 0 Å². The van der Waals surface area contributed by atoms with Crippen LogP contribution in [0, 0.1) is 11.2 Å². The van der Waals surface area contributed by atoms with Crippen LogP contribution in [0.25, 0.3) is 0 Å². The number of carbonyl (C=O) groups is 2. The van der Waals surface area contributed by atoms with Crippen molar-refractivity contribution in [1.82, 2.24) is 4.90 Å². The summed E-state index contributed by atoms with van der Waals surface area (Å²) in [7, 11) is 1.56.